The van der Waals surface area contributed by atoms with Crippen LogP contribution in [0.2, 0.25) is 0 Å². The van der Waals surface area contributed by atoms with E-state index >= 15 is 0 Å². The molecule has 1 aliphatic rings. The van der Waals surface area contributed by atoms with Crippen LogP contribution in [0, 0.1) is 0 Å². The van der Waals surface area contributed by atoms with Crippen LogP contribution in [0.3, 0.4) is 0 Å². The summed E-state index contributed by atoms with van der Waals surface area (Å²) in [6, 6.07) is 19.2. The van der Waals surface area contributed by atoms with Gasteiger partial charge in [0.05, 0.1) is 0 Å². The summed E-state index contributed by atoms with van der Waals surface area (Å²) in [5.41, 5.74) is 2.77. The number of hydrogen-bond donors (Lipinski definition) is 0. The number of aryl methyl sites for hydroxylation is 2. The Hall–Kier alpha value is -1.80. The van der Waals surface area contributed by atoms with Crippen LogP contribution in [0.1, 0.15) is 24.0 Å². The third-order valence-corrected chi connectivity index (χ3v) is 4.34. The molecule has 0 spiro atoms. The van der Waals surface area contributed by atoms with E-state index in [0.29, 0.717) is 0 Å². The van der Waals surface area contributed by atoms with Crippen molar-refractivity contribution in [3.63, 3.8) is 0 Å². The lowest BCUT2D eigenvalue weighted by Crippen LogP contribution is -2.25. The Morgan fingerprint density at radius 2 is 1.41 bits per heavy atom. The molecule has 0 unspecified atom stereocenters. The zero-order valence-corrected chi connectivity index (χ0v) is 13.2. The quantitative estimate of drug-likeness (QED) is 0.767. The standard InChI is InChI=1S/C20H25NO/c1-2-6-18(7-3-1)8-9-19-10-12-20(13-11-19)22-17-16-21-14-4-5-15-21/h1-3,6-7,10-13H,4-5,8-9,14-17H2. The number of nitrogens with zero attached hydrogens (tertiary/aromatic N) is 1. The SMILES string of the molecule is c1ccc(CCc2ccc(OCCN3CCCC3)cc2)cc1. The summed E-state index contributed by atoms with van der Waals surface area (Å²) in [5.74, 6) is 0.989. The summed E-state index contributed by atoms with van der Waals surface area (Å²) < 4.78 is 5.84. The molecule has 0 bridgehead atoms. The molecular formula is C20H25NO. The van der Waals surface area contributed by atoms with E-state index in [-0.39, 0.29) is 0 Å². The van der Waals surface area contributed by atoms with Gasteiger partial charge in [-0.2, -0.15) is 0 Å². The Labute approximate surface area is 133 Å². The second-order valence-corrected chi connectivity index (χ2v) is 6.03. The Morgan fingerprint density at radius 1 is 0.773 bits per heavy atom. The van der Waals surface area contributed by atoms with Crippen LogP contribution in [0.25, 0.3) is 0 Å². The lowest BCUT2D eigenvalue weighted by molar-refractivity contribution is 0.238. The largest absolute Gasteiger partial charge is 0.492 e. The summed E-state index contributed by atoms with van der Waals surface area (Å²) >= 11 is 0. The van der Waals surface area contributed by atoms with Crippen LogP contribution in [0.5, 0.6) is 5.75 Å². The maximum Gasteiger partial charge on any atom is 0.119 e. The summed E-state index contributed by atoms with van der Waals surface area (Å²) in [7, 11) is 0. The highest BCUT2D eigenvalue weighted by Gasteiger charge is 2.10. The summed E-state index contributed by atoms with van der Waals surface area (Å²) in [5, 5.41) is 0. The topological polar surface area (TPSA) is 12.5 Å². The fourth-order valence-corrected chi connectivity index (χ4v) is 2.98. The van der Waals surface area contributed by atoms with Gasteiger partial charge in [0.1, 0.15) is 12.4 Å². The molecule has 0 atom stereocenters. The van der Waals surface area contributed by atoms with Crippen molar-refractivity contribution in [3.05, 3.63) is 65.7 Å². The molecule has 1 saturated heterocycles. The first-order valence-electron chi connectivity index (χ1n) is 8.38. The highest BCUT2D eigenvalue weighted by molar-refractivity contribution is 5.28. The smallest absolute Gasteiger partial charge is 0.119 e. The van der Waals surface area contributed by atoms with E-state index in [1.807, 2.05) is 0 Å². The molecule has 0 aromatic heterocycles. The third-order valence-electron chi connectivity index (χ3n) is 4.34. The molecule has 0 aliphatic carbocycles. The monoisotopic (exact) mass is 295 g/mol. The number of hydrogen-bond acceptors (Lipinski definition) is 2. The minimum absolute atomic E-state index is 0.795. The van der Waals surface area contributed by atoms with Crippen molar-refractivity contribution < 1.29 is 4.74 Å². The van der Waals surface area contributed by atoms with Crippen molar-refractivity contribution in [1.82, 2.24) is 4.90 Å². The number of rotatable bonds is 7. The lowest BCUT2D eigenvalue weighted by Gasteiger charge is -2.15. The zero-order valence-electron chi connectivity index (χ0n) is 13.2. The molecule has 1 fully saturated rings. The second-order valence-electron chi connectivity index (χ2n) is 6.03. The summed E-state index contributed by atoms with van der Waals surface area (Å²) in [6.07, 6.45) is 4.86. The second kappa shape index (κ2) is 8.00. The van der Waals surface area contributed by atoms with Crippen molar-refractivity contribution in [1.29, 1.82) is 0 Å². The molecule has 1 heterocycles. The first kappa shape index (κ1) is 15.1. The molecule has 0 N–H and O–H groups in total. The van der Waals surface area contributed by atoms with Gasteiger partial charge < -0.3 is 4.74 Å². The van der Waals surface area contributed by atoms with E-state index in [9.17, 15) is 0 Å². The molecular weight excluding hydrogens is 270 g/mol. The van der Waals surface area contributed by atoms with Gasteiger partial charge in [-0.1, -0.05) is 42.5 Å². The van der Waals surface area contributed by atoms with Crippen molar-refractivity contribution in [2.45, 2.75) is 25.7 Å². The zero-order chi connectivity index (χ0) is 15.0. The Balaban J connectivity index is 1.41. The molecule has 2 aromatic carbocycles. The molecule has 0 radical (unpaired) electrons. The van der Waals surface area contributed by atoms with Gasteiger partial charge in [-0.05, 0) is 62.0 Å². The molecule has 22 heavy (non-hydrogen) atoms. The maximum atomic E-state index is 5.84. The molecule has 2 nitrogen and oxygen atoms in total. The third kappa shape index (κ3) is 4.60. The lowest BCUT2D eigenvalue weighted by atomic mass is 10.0. The van der Waals surface area contributed by atoms with Gasteiger partial charge in [-0.25, -0.2) is 0 Å². The first-order valence-corrected chi connectivity index (χ1v) is 8.38. The van der Waals surface area contributed by atoms with Gasteiger partial charge in [0.2, 0.25) is 0 Å². The van der Waals surface area contributed by atoms with E-state index in [1.54, 1.807) is 0 Å². The van der Waals surface area contributed by atoms with E-state index in [4.69, 9.17) is 4.74 Å². The minimum Gasteiger partial charge on any atom is -0.492 e. The van der Waals surface area contributed by atoms with Gasteiger partial charge in [0.25, 0.3) is 0 Å². The van der Waals surface area contributed by atoms with Crippen LogP contribution < -0.4 is 4.74 Å². The number of benzene rings is 2. The number of likely N-dealkylation sites (tertiary alicyclic amines) is 1. The fraction of sp³-hybridized carbons (Fsp3) is 0.400. The van der Waals surface area contributed by atoms with Gasteiger partial charge in [0, 0.05) is 6.54 Å². The van der Waals surface area contributed by atoms with Crippen molar-refractivity contribution in [2.75, 3.05) is 26.2 Å². The molecule has 0 amide bonds. The van der Waals surface area contributed by atoms with Crippen LogP contribution >= 0.6 is 0 Å². The normalized spacial score (nSPS) is 15.1. The van der Waals surface area contributed by atoms with Crippen LogP contribution in [0.15, 0.2) is 54.6 Å². The molecule has 1 aliphatic heterocycles. The minimum atomic E-state index is 0.795. The van der Waals surface area contributed by atoms with Crippen LogP contribution in [0.4, 0.5) is 0 Å². The average Bonchev–Trinajstić information content (AvgIpc) is 3.08. The molecule has 2 heteroatoms. The Kier molecular flexibility index (Phi) is 5.49. The van der Waals surface area contributed by atoms with Crippen molar-refractivity contribution >= 4 is 0 Å². The predicted molar refractivity (Wildman–Crippen MR) is 91.5 cm³/mol. The van der Waals surface area contributed by atoms with E-state index in [0.717, 1.165) is 31.7 Å². The van der Waals surface area contributed by atoms with Gasteiger partial charge >= 0.3 is 0 Å². The van der Waals surface area contributed by atoms with Crippen LogP contribution in [-0.2, 0) is 12.8 Å². The van der Waals surface area contributed by atoms with Crippen molar-refractivity contribution in [3.8, 4) is 5.75 Å². The predicted octanol–water partition coefficient (Wildman–Crippen LogP) is 3.95. The van der Waals surface area contributed by atoms with E-state index in [2.05, 4.69) is 59.5 Å². The van der Waals surface area contributed by atoms with Crippen molar-refractivity contribution in [2.24, 2.45) is 0 Å². The Morgan fingerprint density at radius 3 is 2.09 bits per heavy atom. The van der Waals surface area contributed by atoms with Gasteiger partial charge in [-0.15, -0.1) is 0 Å². The number of ether oxygens (including phenoxy) is 1. The maximum absolute atomic E-state index is 5.84. The molecule has 116 valence electrons. The molecule has 2 aromatic rings. The highest BCUT2D eigenvalue weighted by Crippen LogP contribution is 2.15. The molecule has 0 saturated carbocycles. The van der Waals surface area contributed by atoms with E-state index < -0.39 is 0 Å². The van der Waals surface area contributed by atoms with Crippen LogP contribution in [-0.4, -0.2) is 31.1 Å². The average molecular weight is 295 g/mol. The summed E-state index contributed by atoms with van der Waals surface area (Å²) in [6.45, 7) is 4.32. The van der Waals surface area contributed by atoms with Gasteiger partial charge in [0.15, 0.2) is 0 Å². The Bertz CT molecular complexity index is 544. The van der Waals surface area contributed by atoms with E-state index in [1.165, 1.54) is 37.1 Å². The fourth-order valence-electron chi connectivity index (χ4n) is 2.98. The van der Waals surface area contributed by atoms with Gasteiger partial charge in [-0.3, -0.25) is 4.90 Å². The molecule has 3 rings (SSSR count). The highest BCUT2D eigenvalue weighted by atomic mass is 16.5. The first-order chi connectivity index (χ1) is 10.9. The summed E-state index contributed by atoms with van der Waals surface area (Å²) in [4.78, 5) is 2.48.